The second-order valence-electron chi connectivity index (χ2n) is 5.80. The van der Waals surface area contributed by atoms with Crippen molar-refractivity contribution < 1.29 is 4.74 Å². The Morgan fingerprint density at radius 3 is 3.06 bits per heavy atom. The van der Waals surface area contributed by atoms with E-state index in [-0.39, 0.29) is 5.54 Å². The molecule has 1 aliphatic carbocycles. The third kappa shape index (κ3) is 2.12. The van der Waals surface area contributed by atoms with Gasteiger partial charge in [-0.1, -0.05) is 23.8 Å². The number of aryl methyl sites for hydroxylation is 2. The molecule has 0 aromatic heterocycles. The molecule has 0 amide bonds. The highest BCUT2D eigenvalue weighted by Crippen LogP contribution is 2.34. The Balaban J connectivity index is 1.81. The zero-order valence-corrected chi connectivity index (χ0v) is 10.8. The summed E-state index contributed by atoms with van der Waals surface area (Å²) in [6.07, 6.45) is 3.57. The van der Waals surface area contributed by atoms with Gasteiger partial charge in [-0.15, -0.1) is 0 Å². The van der Waals surface area contributed by atoms with Gasteiger partial charge < -0.3 is 10.1 Å². The van der Waals surface area contributed by atoms with Crippen molar-refractivity contribution in [2.75, 3.05) is 13.2 Å². The van der Waals surface area contributed by atoms with Gasteiger partial charge >= 0.3 is 0 Å². The first-order valence-electron chi connectivity index (χ1n) is 6.61. The van der Waals surface area contributed by atoms with Crippen LogP contribution in [0.2, 0.25) is 0 Å². The predicted octanol–water partition coefficient (Wildman–Crippen LogP) is 2.75. The smallest absolute Gasteiger partial charge is 0.0646 e. The lowest BCUT2D eigenvalue weighted by Gasteiger charge is -2.28. The highest BCUT2D eigenvalue weighted by Gasteiger charge is 2.34. The molecular weight excluding hydrogens is 210 g/mol. The van der Waals surface area contributed by atoms with Crippen LogP contribution in [0.3, 0.4) is 0 Å². The molecule has 1 fully saturated rings. The molecule has 1 heterocycles. The Morgan fingerprint density at radius 1 is 1.41 bits per heavy atom. The molecule has 0 spiro atoms. The van der Waals surface area contributed by atoms with Gasteiger partial charge in [0.05, 0.1) is 6.61 Å². The number of ether oxygens (including phenoxy) is 1. The average Bonchev–Trinajstić information content (AvgIpc) is 2.87. The molecule has 1 N–H and O–H groups in total. The number of nitrogens with one attached hydrogen (secondary N) is 1. The monoisotopic (exact) mass is 231 g/mol. The Bertz CT molecular complexity index is 421. The van der Waals surface area contributed by atoms with Crippen molar-refractivity contribution in [2.24, 2.45) is 0 Å². The van der Waals surface area contributed by atoms with E-state index in [0.717, 1.165) is 19.6 Å². The Labute approximate surface area is 103 Å². The summed E-state index contributed by atoms with van der Waals surface area (Å²) in [6.45, 7) is 6.21. The van der Waals surface area contributed by atoms with Gasteiger partial charge in [-0.25, -0.2) is 0 Å². The normalized spacial score (nSPS) is 31.8. The molecule has 2 nitrogen and oxygen atoms in total. The number of fused-ring (bicyclic) bond motifs is 1. The van der Waals surface area contributed by atoms with Crippen molar-refractivity contribution in [2.45, 2.75) is 44.7 Å². The summed E-state index contributed by atoms with van der Waals surface area (Å²) < 4.78 is 5.52. The molecule has 2 heteroatoms. The quantitative estimate of drug-likeness (QED) is 0.845. The lowest BCUT2D eigenvalue weighted by molar-refractivity contribution is 0.166. The lowest BCUT2D eigenvalue weighted by Crippen LogP contribution is -2.44. The molecular formula is C15H21NO. The summed E-state index contributed by atoms with van der Waals surface area (Å²) in [4.78, 5) is 0. The maximum absolute atomic E-state index is 5.52. The fourth-order valence-corrected chi connectivity index (χ4v) is 3.07. The van der Waals surface area contributed by atoms with Gasteiger partial charge in [0.2, 0.25) is 0 Å². The number of hydrogen-bond donors (Lipinski definition) is 1. The van der Waals surface area contributed by atoms with E-state index in [0.29, 0.717) is 6.04 Å². The number of benzene rings is 1. The fourth-order valence-electron chi connectivity index (χ4n) is 3.07. The van der Waals surface area contributed by atoms with E-state index in [1.54, 1.807) is 0 Å². The van der Waals surface area contributed by atoms with Gasteiger partial charge in [0, 0.05) is 18.2 Å². The zero-order chi connectivity index (χ0) is 11.9. The van der Waals surface area contributed by atoms with E-state index in [9.17, 15) is 0 Å². The maximum atomic E-state index is 5.52. The van der Waals surface area contributed by atoms with E-state index in [2.05, 4.69) is 37.4 Å². The first kappa shape index (κ1) is 11.2. The molecule has 2 unspecified atom stereocenters. The topological polar surface area (TPSA) is 21.3 Å². The Hall–Kier alpha value is -0.860. The van der Waals surface area contributed by atoms with Crippen LogP contribution in [0.25, 0.3) is 0 Å². The number of hydrogen-bond acceptors (Lipinski definition) is 2. The van der Waals surface area contributed by atoms with Crippen LogP contribution in [0.4, 0.5) is 0 Å². The fraction of sp³-hybridized carbons (Fsp3) is 0.600. The second kappa shape index (κ2) is 4.11. The van der Waals surface area contributed by atoms with Crippen LogP contribution in [0.1, 0.15) is 42.5 Å². The van der Waals surface area contributed by atoms with Crippen molar-refractivity contribution in [3.63, 3.8) is 0 Å². The van der Waals surface area contributed by atoms with Crippen LogP contribution in [0, 0.1) is 6.92 Å². The van der Waals surface area contributed by atoms with Crippen LogP contribution in [-0.2, 0) is 11.2 Å². The minimum absolute atomic E-state index is 0.177. The van der Waals surface area contributed by atoms with E-state index < -0.39 is 0 Å². The Morgan fingerprint density at radius 2 is 2.29 bits per heavy atom. The molecule has 2 atom stereocenters. The molecule has 2 aliphatic rings. The van der Waals surface area contributed by atoms with Crippen molar-refractivity contribution in [3.05, 3.63) is 34.9 Å². The molecule has 1 aromatic rings. The highest BCUT2D eigenvalue weighted by molar-refractivity contribution is 5.37. The summed E-state index contributed by atoms with van der Waals surface area (Å²) in [6, 6.07) is 7.39. The third-order valence-electron chi connectivity index (χ3n) is 4.12. The van der Waals surface area contributed by atoms with Crippen molar-refractivity contribution in [3.8, 4) is 0 Å². The van der Waals surface area contributed by atoms with Crippen molar-refractivity contribution >= 4 is 0 Å². The van der Waals surface area contributed by atoms with Crippen LogP contribution in [0.5, 0.6) is 0 Å². The summed E-state index contributed by atoms with van der Waals surface area (Å²) in [5.41, 5.74) is 4.58. The maximum Gasteiger partial charge on any atom is 0.0646 e. The summed E-state index contributed by atoms with van der Waals surface area (Å²) in [5, 5.41) is 3.81. The SMILES string of the molecule is Cc1ccc2c(c1)C(NC1(C)CCOC1)CC2. The van der Waals surface area contributed by atoms with Crippen molar-refractivity contribution in [1.82, 2.24) is 5.32 Å². The van der Waals surface area contributed by atoms with Crippen LogP contribution < -0.4 is 5.32 Å². The molecule has 1 aliphatic heterocycles. The molecule has 0 bridgehead atoms. The molecule has 0 saturated carbocycles. The summed E-state index contributed by atoms with van der Waals surface area (Å²) in [5.74, 6) is 0. The van der Waals surface area contributed by atoms with Crippen LogP contribution >= 0.6 is 0 Å². The zero-order valence-electron chi connectivity index (χ0n) is 10.8. The van der Waals surface area contributed by atoms with E-state index in [1.807, 2.05) is 0 Å². The minimum Gasteiger partial charge on any atom is -0.379 e. The standard InChI is InChI=1S/C15H21NO/c1-11-3-4-12-5-6-14(13(12)9-11)16-15(2)7-8-17-10-15/h3-4,9,14,16H,5-8,10H2,1-2H3. The largest absolute Gasteiger partial charge is 0.379 e. The third-order valence-corrected chi connectivity index (χ3v) is 4.12. The first-order chi connectivity index (χ1) is 8.16. The van der Waals surface area contributed by atoms with E-state index in [1.165, 1.54) is 29.5 Å². The van der Waals surface area contributed by atoms with Gasteiger partial charge in [-0.05, 0) is 44.2 Å². The summed E-state index contributed by atoms with van der Waals surface area (Å²) >= 11 is 0. The molecule has 92 valence electrons. The van der Waals surface area contributed by atoms with Gasteiger partial charge in [0.1, 0.15) is 0 Å². The van der Waals surface area contributed by atoms with Crippen LogP contribution in [0.15, 0.2) is 18.2 Å². The molecule has 3 rings (SSSR count). The molecule has 1 saturated heterocycles. The van der Waals surface area contributed by atoms with Gasteiger partial charge in [-0.3, -0.25) is 0 Å². The van der Waals surface area contributed by atoms with Gasteiger partial charge in [-0.2, -0.15) is 0 Å². The average molecular weight is 231 g/mol. The predicted molar refractivity (Wildman–Crippen MR) is 69.2 cm³/mol. The van der Waals surface area contributed by atoms with E-state index >= 15 is 0 Å². The number of rotatable bonds is 2. The van der Waals surface area contributed by atoms with Gasteiger partial charge in [0.15, 0.2) is 0 Å². The molecule has 1 aromatic carbocycles. The van der Waals surface area contributed by atoms with Crippen molar-refractivity contribution in [1.29, 1.82) is 0 Å². The second-order valence-corrected chi connectivity index (χ2v) is 5.80. The van der Waals surface area contributed by atoms with E-state index in [4.69, 9.17) is 4.74 Å². The first-order valence-corrected chi connectivity index (χ1v) is 6.61. The molecule has 0 radical (unpaired) electrons. The molecule has 17 heavy (non-hydrogen) atoms. The Kier molecular flexibility index (Phi) is 2.72. The lowest BCUT2D eigenvalue weighted by atomic mass is 9.97. The van der Waals surface area contributed by atoms with Crippen LogP contribution in [-0.4, -0.2) is 18.8 Å². The van der Waals surface area contributed by atoms with Gasteiger partial charge in [0.25, 0.3) is 0 Å². The minimum atomic E-state index is 0.177. The summed E-state index contributed by atoms with van der Waals surface area (Å²) in [7, 11) is 0. The highest BCUT2D eigenvalue weighted by atomic mass is 16.5.